The Morgan fingerprint density at radius 3 is 1.91 bits per heavy atom. The number of aryl methyl sites for hydroxylation is 3. The summed E-state index contributed by atoms with van der Waals surface area (Å²) in [5.74, 6) is -0.00472. The number of hydrogen-bond acceptors (Lipinski definition) is 4. The number of carbonyl (C=O) groups excluding carboxylic acids is 2. The molecule has 0 saturated carbocycles. The zero-order valence-corrected chi connectivity index (χ0v) is 25.7. The van der Waals surface area contributed by atoms with Crippen LogP contribution < -0.4 is 10.1 Å². The molecule has 0 saturated heterocycles. The first kappa shape index (κ1) is 31.6. The highest BCUT2D eigenvalue weighted by atomic mass is 16.6. The third-order valence-corrected chi connectivity index (χ3v) is 7.42. The molecule has 0 aliphatic rings. The second-order valence-corrected chi connectivity index (χ2v) is 11.0. The molecule has 0 unspecified atom stereocenters. The molecule has 0 spiro atoms. The lowest BCUT2D eigenvalue weighted by Crippen LogP contribution is -2.24. The second-order valence-electron chi connectivity index (χ2n) is 11.0. The van der Waals surface area contributed by atoms with Gasteiger partial charge < -0.3 is 14.8 Å². The minimum atomic E-state index is -0.435. The quantitative estimate of drug-likeness (QED) is 0.114. The first-order valence-electron chi connectivity index (χ1n) is 15.4. The summed E-state index contributed by atoms with van der Waals surface area (Å²) in [6.07, 6.45) is 6.67. The Morgan fingerprint density at radius 1 is 0.698 bits per heavy atom. The molecule has 0 aromatic heterocycles. The number of unbranched alkanes of at least 4 members (excludes halogenated alkanes) is 4. The average Bonchev–Trinajstić information content (AvgIpc) is 3.01. The lowest BCUT2D eigenvalue weighted by atomic mass is 9.93. The summed E-state index contributed by atoms with van der Waals surface area (Å²) in [6, 6.07) is 30.5. The van der Waals surface area contributed by atoms with E-state index in [9.17, 15) is 9.59 Å². The van der Waals surface area contributed by atoms with E-state index in [0.717, 1.165) is 59.1 Å². The van der Waals surface area contributed by atoms with Gasteiger partial charge in [0.2, 0.25) is 0 Å². The Bertz CT molecular complexity index is 1430. The van der Waals surface area contributed by atoms with Crippen LogP contribution in [0, 0.1) is 13.8 Å². The summed E-state index contributed by atoms with van der Waals surface area (Å²) in [7, 11) is 0. The fourth-order valence-corrected chi connectivity index (χ4v) is 5.24. The number of esters is 1. The van der Waals surface area contributed by atoms with Crippen molar-refractivity contribution >= 4 is 11.9 Å². The highest BCUT2D eigenvalue weighted by Crippen LogP contribution is 2.41. The van der Waals surface area contributed by atoms with Crippen LogP contribution in [0.1, 0.15) is 66.1 Å². The molecule has 5 nitrogen and oxygen atoms in total. The maximum Gasteiger partial charge on any atom is 0.344 e. The molecule has 0 aliphatic carbocycles. The number of rotatable bonds is 15. The van der Waals surface area contributed by atoms with Gasteiger partial charge in [0, 0.05) is 23.2 Å². The van der Waals surface area contributed by atoms with Crippen molar-refractivity contribution in [1.29, 1.82) is 0 Å². The topological polar surface area (TPSA) is 64.6 Å². The van der Waals surface area contributed by atoms with Gasteiger partial charge in [-0.05, 0) is 68.9 Å². The van der Waals surface area contributed by atoms with Gasteiger partial charge in [-0.2, -0.15) is 0 Å². The van der Waals surface area contributed by atoms with Crippen LogP contribution in [0.25, 0.3) is 22.3 Å². The Hall–Kier alpha value is -4.38. The van der Waals surface area contributed by atoms with Crippen molar-refractivity contribution in [2.45, 2.75) is 59.3 Å². The van der Waals surface area contributed by atoms with Crippen molar-refractivity contribution in [2.75, 3.05) is 19.8 Å². The van der Waals surface area contributed by atoms with Crippen molar-refractivity contribution in [3.8, 4) is 28.0 Å². The molecule has 1 N–H and O–H groups in total. The molecular weight excluding hydrogens is 534 g/mol. The van der Waals surface area contributed by atoms with Crippen LogP contribution in [0.4, 0.5) is 0 Å². The zero-order chi connectivity index (χ0) is 30.4. The first-order chi connectivity index (χ1) is 20.9. The number of ether oxygens (including phenoxy) is 2. The minimum Gasteiger partial charge on any atom is -0.481 e. The van der Waals surface area contributed by atoms with E-state index >= 15 is 0 Å². The molecule has 4 aromatic rings. The number of benzene rings is 4. The maximum absolute atomic E-state index is 13.5. The highest BCUT2D eigenvalue weighted by Gasteiger charge is 2.20. The summed E-state index contributed by atoms with van der Waals surface area (Å²) < 4.78 is 11.3. The van der Waals surface area contributed by atoms with Crippen molar-refractivity contribution in [3.63, 3.8) is 0 Å². The Balaban J connectivity index is 1.51. The van der Waals surface area contributed by atoms with E-state index in [1.165, 1.54) is 18.4 Å². The van der Waals surface area contributed by atoms with Crippen LogP contribution in [0.15, 0.2) is 91.0 Å². The molecule has 1 amide bonds. The molecule has 5 heteroatoms. The average molecular weight is 578 g/mol. The molecular formula is C38H43NO4. The van der Waals surface area contributed by atoms with E-state index in [2.05, 4.69) is 47.8 Å². The minimum absolute atomic E-state index is 0.121. The van der Waals surface area contributed by atoms with Crippen LogP contribution in [0.5, 0.6) is 5.75 Å². The standard InChI is InChI=1S/C38H43NO4/c1-4-42-36(40)27-43-37-34(31-20-13-15-28(2)23-31)25-33(26-35(37)32-21-14-16-29(3)24-32)38(41)39-22-12-7-5-6-9-17-30-18-10-8-11-19-30/h8,10-11,13-16,18-21,23-26H,4-7,9,12,17,22,27H2,1-3H3,(H,39,41). The van der Waals surface area contributed by atoms with E-state index < -0.39 is 5.97 Å². The van der Waals surface area contributed by atoms with E-state index in [1.807, 2.05) is 62.4 Å². The summed E-state index contributed by atoms with van der Waals surface area (Å²) >= 11 is 0. The van der Waals surface area contributed by atoms with Gasteiger partial charge in [-0.1, -0.05) is 109 Å². The summed E-state index contributed by atoms with van der Waals surface area (Å²) in [5.41, 5.74) is 7.47. The molecule has 224 valence electrons. The van der Waals surface area contributed by atoms with Crippen LogP contribution in [-0.4, -0.2) is 31.6 Å². The highest BCUT2D eigenvalue weighted by molar-refractivity contribution is 5.99. The van der Waals surface area contributed by atoms with Gasteiger partial charge in [0.15, 0.2) is 6.61 Å². The fraction of sp³-hybridized carbons (Fsp3) is 0.316. The molecule has 43 heavy (non-hydrogen) atoms. The van der Waals surface area contributed by atoms with Gasteiger partial charge in [0.25, 0.3) is 5.91 Å². The number of hydrogen-bond donors (Lipinski definition) is 1. The molecule has 0 fully saturated rings. The monoisotopic (exact) mass is 577 g/mol. The number of carbonyl (C=O) groups is 2. The predicted octanol–water partition coefficient (Wildman–Crippen LogP) is 8.50. The maximum atomic E-state index is 13.5. The van der Waals surface area contributed by atoms with Crippen LogP contribution in [-0.2, 0) is 16.0 Å². The Labute approximate surface area is 256 Å². The van der Waals surface area contributed by atoms with E-state index in [-0.39, 0.29) is 19.1 Å². The summed E-state index contributed by atoms with van der Waals surface area (Å²) in [5, 5.41) is 3.13. The van der Waals surface area contributed by atoms with Crippen molar-refractivity contribution < 1.29 is 19.1 Å². The van der Waals surface area contributed by atoms with E-state index in [4.69, 9.17) is 9.47 Å². The lowest BCUT2D eigenvalue weighted by Gasteiger charge is -2.19. The third kappa shape index (κ3) is 9.57. The van der Waals surface area contributed by atoms with Crippen molar-refractivity contribution in [2.24, 2.45) is 0 Å². The summed E-state index contributed by atoms with van der Waals surface area (Å²) in [4.78, 5) is 25.8. The SMILES string of the molecule is CCOC(=O)COc1c(-c2cccc(C)c2)cc(C(=O)NCCCCCCCc2ccccc2)cc1-c1cccc(C)c1. The third-order valence-electron chi connectivity index (χ3n) is 7.42. The van der Waals surface area contributed by atoms with Crippen molar-refractivity contribution in [1.82, 2.24) is 5.32 Å². The summed E-state index contributed by atoms with van der Waals surface area (Å²) in [6.45, 7) is 6.52. The largest absolute Gasteiger partial charge is 0.481 e. The molecule has 0 bridgehead atoms. The Morgan fingerprint density at radius 2 is 1.30 bits per heavy atom. The predicted molar refractivity (Wildman–Crippen MR) is 174 cm³/mol. The van der Waals surface area contributed by atoms with Crippen LogP contribution in [0.2, 0.25) is 0 Å². The van der Waals surface area contributed by atoms with Gasteiger partial charge in [-0.3, -0.25) is 4.79 Å². The van der Waals surface area contributed by atoms with Gasteiger partial charge >= 0.3 is 5.97 Å². The van der Waals surface area contributed by atoms with Gasteiger partial charge in [0.05, 0.1) is 6.61 Å². The molecule has 4 rings (SSSR count). The number of nitrogens with one attached hydrogen (secondary N) is 1. The van der Waals surface area contributed by atoms with Crippen LogP contribution in [0.3, 0.4) is 0 Å². The molecule has 4 aromatic carbocycles. The molecule has 0 heterocycles. The normalized spacial score (nSPS) is 10.8. The first-order valence-corrected chi connectivity index (χ1v) is 15.4. The van der Waals surface area contributed by atoms with E-state index in [0.29, 0.717) is 17.9 Å². The second kappa shape index (κ2) is 16.3. The van der Waals surface area contributed by atoms with Gasteiger partial charge in [-0.15, -0.1) is 0 Å². The molecule has 0 aliphatic heterocycles. The van der Waals surface area contributed by atoms with Gasteiger partial charge in [0.1, 0.15) is 5.75 Å². The fourth-order valence-electron chi connectivity index (χ4n) is 5.24. The lowest BCUT2D eigenvalue weighted by molar-refractivity contribution is -0.145. The smallest absolute Gasteiger partial charge is 0.344 e. The van der Waals surface area contributed by atoms with E-state index in [1.54, 1.807) is 6.92 Å². The Kier molecular flexibility index (Phi) is 12.0. The number of amides is 1. The van der Waals surface area contributed by atoms with Gasteiger partial charge in [-0.25, -0.2) is 4.79 Å². The molecule has 0 atom stereocenters. The molecule has 0 radical (unpaired) electrons. The zero-order valence-electron chi connectivity index (χ0n) is 25.7. The van der Waals surface area contributed by atoms with Crippen molar-refractivity contribution in [3.05, 3.63) is 113 Å². The van der Waals surface area contributed by atoms with Crippen LogP contribution >= 0.6 is 0 Å².